The summed E-state index contributed by atoms with van der Waals surface area (Å²) in [6.07, 6.45) is 2.88. The van der Waals surface area contributed by atoms with E-state index < -0.39 is 5.97 Å². The molecule has 0 aliphatic carbocycles. The maximum atomic E-state index is 12.1. The maximum absolute atomic E-state index is 12.1. The molecule has 0 unspecified atom stereocenters. The van der Waals surface area contributed by atoms with Crippen LogP contribution in [-0.4, -0.2) is 103 Å². The third kappa shape index (κ3) is 9.81. The highest BCUT2D eigenvalue weighted by atomic mass is 16.6. The van der Waals surface area contributed by atoms with Gasteiger partial charge in [0, 0.05) is 31.4 Å². The number of hydrogen-bond donors (Lipinski definition) is 1. The number of rotatable bonds is 19. The van der Waals surface area contributed by atoms with Gasteiger partial charge in [0.25, 0.3) is 0 Å². The molecule has 0 bridgehead atoms. The first-order chi connectivity index (χ1) is 25.0. The predicted molar refractivity (Wildman–Crippen MR) is 187 cm³/mol. The lowest BCUT2D eigenvalue weighted by Crippen LogP contribution is -2.35. The van der Waals surface area contributed by atoms with Gasteiger partial charge in [-0.15, -0.1) is 0 Å². The van der Waals surface area contributed by atoms with Gasteiger partial charge in [-0.3, -0.25) is 4.90 Å². The van der Waals surface area contributed by atoms with Gasteiger partial charge in [-0.2, -0.15) is 5.26 Å². The van der Waals surface area contributed by atoms with Crippen LogP contribution in [0, 0.1) is 11.3 Å². The Balaban J connectivity index is 1.09. The summed E-state index contributed by atoms with van der Waals surface area (Å²) in [5.74, 6) is 1.14. The SMILES string of the molecule is COCCOCCOCCOc1cc(C(=O)O)cc2c1nc(CN1CCC(c3cccc(OCc4ccc(C#N)cc4)n3)CC1)n2C[C@@H]1CCO1. The Morgan fingerprint density at radius 2 is 1.71 bits per heavy atom. The van der Waals surface area contributed by atoms with Crippen molar-refractivity contribution in [2.24, 2.45) is 0 Å². The summed E-state index contributed by atoms with van der Waals surface area (Å²) in [7, 11) is 1.63. The number of ether oxygens (including phenoxy) is 6. The zero-order valence-corrected chi connectivity index (χ0v) is 29.0. The number of nitrogens with zero attached hydrogens (tertiary/aromatic N) is 5. The van der Waals surface area contributed by atoms with Crippen LogP contribution in [0.1, 0.15) is 58.2 Å². The summed E-state index contributed by atoms with van der Waals surface area (Å²) in [6, 6.07) is 18.6. The minimum absolute atomic E-state index is 0.0572. The number of aromatic carboxylic acids is 1. The molecule has 4 aromatic rings. The Labute approximate surface area is 297 Å². The lowest BCUT2D eigenvalue weighted by atomic mass is 9.93. The molecule has 6 rings (SSSR count). The number of aromatic nitrogens is 3. The molecule has 2 aliphatic rings. The monoisotopic (exact) mass is 699 g/mol. The van der Waals surface area contributed by atoms with Crippen molar-refractivity contribution in [3.63, 3.8) is 0 Å². The molecule has 0 saturated carbocycles. The third-order valence-electron chi connectivity index (χ3n) is 9.20. The van der Waals surface area contributed by atoms with Gasteiger partial charge < -0.3 is 38.1 Å². The second-order valence-corrected chi connectivity index (χ2v) is 12.7. The molecule has 2 fully saturated rings. The number of piperidine rings is 1. The fraction of sp³-hybridized carbons (Fsp3) is 0.474. The van der Waals surface area contributed by atoms with Crippen molar-refractivity contribution in [1.29, 1.82) is 5.26 Å². The largest absolute Gasteiger partial charge is 0.489 e. The van der Waals surface area contributed by atoms with Crippen molar-refractivity contribution >= 4 is 17.0 Å². The molecule has 13 heteroatoms. The first-order valence-corrected chi connectivity index (χ1v) is 17.5. The molecule has 51 heavy (non-hydrogen) atoms. The van der Waals surface area contributed by atoms with Gasteiger partial charge in [0.2, 0.25) is 5.88 Å². The van der Waals surface area contributed by atoms with Gasteiger partial charge in [0.1, 0.15) is 30.3 Å². The van der Waals surface area contributed by atoms with E-state index in [1.165, 1.54) is 0 Å². The van der Waals surface area contributed by atoms with Crippen molar-refractivity contribution in [2.75, 3.05) is 66.4 Å². The number of likely N-dealkylation sites (tertiary alicyclic amines) is 1. The van der Waals surface area contributed by atoms with E-state index in [-0.39, 0.29) is 18.3 Å². The summed E-state index contributed by atoms with van der Waals surface area (Å²) < 4.78 is 36.0. The fourth-order valence-electron chi connectivity index (χ4n) is 6.26. The van der Waals surface area contributed by atoms with E-state index in [0.29, 0.717) is 81.4 Å². The van der Waals surface area contributed by atoms with Crippen LogP contribution in [0.4, 0.5) is 0 Å². The van der Waals surface area contributed by atoms with Crippen molar-refractivity contribution in [2.45, 2.75) is 51.0 Å². The molecular weight excluding hydrogens is 654 g/mol. The molecule has 2 aromatic carbocycles. The first kappa shape index (κ1) is 36.2. The Bertz CT molecular complexity index is 1780. The topological polar surface area (TPSA) is 150 Å². The van der Waals surface area contributed by atoms with E-state index in [4.69, 9.17) is 43.7 Å². The molecule has 270 valence electrons. The van der Waals surface area contributed by atoms with Gasteiger partial charge in [0.15, 0.2) is 0 Å². The Kier molecular flexibility index (Phi) is 12.8. The lowest BCUT2D eigenvalue weighted by molar-refractivity contribution is -0.0592. The summed E-state index contributed by atoms with van der Waals surface area (Å²) >= 11 is 0. The van der Waals surface area contributed by atoms with Crippen molar-refractivity contribution in [3.05, 3.63) is 82.8 Å². The second kappa shape index (κ2) is 18.1. The number of carbonyl (C=O) groups is 1. The van der Waals surface area contributed by atoms with E-state index in [0.717, 1.165) is 61.6 Å². The van der Waals surface area contributed by atoms with Crippen LogP contribution in [0.3, 0.4) is 0 Å². The molecule has 1 atom stereocenters. The molecular formula is C38H45N5O8. The molecule has 1 N–H and O–H groups in total. The van der Waals surface area contributed by atoms with Gasteiger partial charge in [-0.05, 0) is 68.2 Å². The van der Waals surface area contributed by atoms with Crippen LogP contribution in [0.5, 0.6) is 11.6 Å². The molecule has 0 amide bonds. The Morgan fingerprint density at radius 3 is 2.39 bits per heavy atom. The number of pyridine rings is 1. The lowest BCUT2D eigenvalue weighted by Gasteiger charge is -2.32. The number of benzene rings is 2. The molecule has 2 aromatic heterocycles. The minimum Gasteiger partial charge on any atom is -0.489 e. The number of hydrogen-bond acceptors (Lipinski definition) is 11. The van der Waals surface area contributed by atoms with Crippen molar-refractivity contribution in [3.8, 4) is 17.7 Å². The molecule has 2 aliphatic heterocycles. The van der Waals surface area contributed by atoms with Gasteiger partial charge in [-0.1, -0.05) is 18.2 Å². The predicted octanol–water partition coefficient (Wildman–Crippen LogP) is 4.81. The number of imidazole rings is 1. The van der Waals surface area contributed by atoms with E-state index in [1.807, 2.05) is 24.3 Å². The standard InChI is InChI=1S/C38H45N5O8/c1-46-15-16-47-17-18-48-19-20-50-34-22-30(38(44)45)21-33-37(34)41-35(43(33)24-31-11-14-49-31)25-42-12-9-29(10-13-42)32-3-2-4-36(40-32)51-26-28-7-5-27(23-39)6-8-28/h2-8,21-22,29,31H,9-20,24-26H2,1H3,(H,44,45)/t31-/m0/s1. The number of carboxylic acids is 1. The van der Waals surface area contributed by atoms with Crippen molar-refractivity contribution < 1.29 is 38.3 Å². The minimum atomic E-state index is -1.03. The average Bonchev–Trinajstić information content (AvgIpc) is 3.48. The van der Waals surface area contributed by atoms with E-state index in [2.05, 4.69) is 21.6 Å². The third-order valence-corrected chi connectivity index (χ3v) is 9.20. The van der Waals surface area contributed by atoms with Crippen LogP contribution in [0.2, 0.25) is 0 Å². The van der Waals surface area contributed by atoms with Crippen LogP contribution >= 0.6 is 0 Å². The van der Waals surface area contributed by atoms with E-state index in [9.17, 15) is 9.90 Å². The average molecular weight is 700 g/mol. The van der Waals surface area contributed by atoms with Gasteiger partial charge in [0.05, 0.1) is 74.9 Å². The van der Waals surface area contributed by atoms with E-state index in [1.54, 1.807) is 31.4 Å². The van der Waals surface area contributed by atoms with E-state index >= 15 is 0 Å². The molecule has 0 spiro atoms. The summed E-state index contributed by atoms with van der Waals surface area (Å²) in [5, 5.41) is 19.0. The van der Waals surface area contributed by atoms with Crippen LogP contribution in [0.15, 0.2) is 54.6 Å². The number of carboxylic acid groups (broad SMARTS) is 1. The highest BCUT2D eigenvalue weighted by Crippen LogP contribution is 2.32. The van der Waals surface area contributed by atoms with Crippen molar-refractivity contribution in [1.82, 2.24) is 19.4 Å². The molecule has 4 heterocycles. The highest BCUT2D eigenvalue weighted by Gasteiger charge is 2.27. The number of methoxy groups -OCH3 is 1. The van der Waals surface area contributed by atoms with Crippen LogP contribution in [0.25, 0.3) is 11.0 Å². The van der Waals surface area contributed by atoms with Crippen LogP contribution in [-0.2, 0) is 38.6 Å². The zero-order valence-electron chi connectivity index (χ0n) is 29.0. The summed E-state index contributed by atoms with van der Waals surface area (Å²) in [6.45, 7) is 6.52. The smallest absolute Gasteiger partial charge is 0.335 e. The quantitative estimate of drug-likeness (QED) is 0.134. The highest BCUT2D eigenvalue weighted by molar-refractivity contribution is 5.95. The number of nitriles is 1. The summed E-state index contributed by atoms with van der Waals surface area (Å²) in [4.78, 5) is 24.4. The molecule has 0 radical (unpaired) electrons. The van der Waals surface area contributed by atoms with Gasteiger partial charge >= 0.3 is 5.97 Å². The van der Waals surface area contributed by atoms with Crippen LogP contribution < -0.4 is 9.47 Å². The van der Waals surface area contributed by atoms with Gasteiger partial charge in [-0.25, -0.2) is 14.8 Å². The normalized spacial score (nSPS) is 16.5. The Hall–Kier alpha value is -4.58. The summed E-state index contributed by atoms with van der Waals surface area (Å²) in [5.41, 5.74) is 4.12. The molecule has 2 saturated heterocycles. The zero-order chi connectivity index (χ0) is 35.4. The number of fused-ring (bicyclic) bond motifs is 1. The first-order valence-electron chi connectivity index (χ1n) is 17.5. The molecule has 13 nitrogen and oxygen atoms in total. The fourth-order valence-corrected chi connectivity index (χ4v) is 6.26. The Morgan fingerprint density at radius 1 is 0.961 bits per heavy atom. The maximum Gasteiger partial charge on any atom is 0.335 e. The second-order valence-electron chi connectivity index (χ2n) is 12.7.